The Morgan fingerprint density at radius 3 is 2.67 bits per heavy atom. The highest BCUT2D eigenvalue weighted by Gasteiger charge is 2.68. The van der Waals surface area contributed by atoms with E-state index in [1.807, 2.05) is 24.3 Å². The molecule has 2 aromatic carbocycles. The third-order valence-electron chi connectivity index (χ3n) is 7.13. The van der Waals surface area contributed by atoms with Gasteiger partial charge in [-0.25, -0.2) is 13.9 Å². The van der Waals surface area contributed by atoms with Crippen molar-refractivity contribution >= 4 is 11.8 Å². The Labute approximate surface area is 189 Å². The Balaban J connectivity index is 1.20. The third kappa shape index (κ3) is 3.09. The number of carbonyl (C=O) groups is 1. The van der Waals surface area contributed by atoms with E-state index in [4.69, 9.17) is 4.74 Å². The fourth-order valence-electron chi connectivity index (χ4n) is 5.40. The minimum atomic E-state index is -0.511. The van der Waals surface area contributed by atoms with Crippen molar-refractivity contribution in [2.45, 2.75) is 18.1 Å². The smallest absolute Gasteiger partial charge is 0.414 e. The van der Waals surface area contributed by atoms with Crippen LogP contribution >= 0.6 is 0 Å². The summed E-state index contributed by atoms with van der Waals surface area (Å²) >= 11 is 0. The number of amides is 1. The van der Waals surface area contributed by atoms with Crippen molar-refractivity contribution in [3.63, 3.8) is 0 Å². The van der Waals surface area contributed by atoms with Gasteiger partial charge in [0.05, 0.1) is 36.5 Å². The number of nitrogens with one attached hydrogen (secondary N) is 1. The van der Waals surface area contributed by atoms with Crippen LogP contribution in [0.2, 0.25) is 0 Å². The van der Waals surface area contributed by atoms with E-state index in [9.17, 15) is 10.1 Å². The number of fused-ring (bicyclic) bond motifs is 1. The highest BCUT2D eigenvalue weighted by Crippen LogP contribution is 2.61. The molecule has 0 bridgehead atoms. The van der Waals surface area contributed by atoms with Gasteiger partial charge in [-0.05, 0) is 29.3 Å². The number of aromatic nitrogens is 3. The summed E-state index contributed by atoms with van der Waals surface area (Å²) in [5, 5.41) is 20.8. The van der Waals surface area contributed by atoms with Crippen LogP contribution in [0.3, 0.4) is 0 Å². The van der Waals surface area contributed by atoms with E-state index in [-0.39, 0.29) is 6.10 Å². The number of nitrogens with zero attached hydrogens (tertiary/aromatic N) is 5. The summed E-state index contributed by atoms with van der Waals surface area (Å²) in [6, 6.07) is 14.9. The van der Waals surface area contributed by atoms with Crippen molar-refractivity contribution in [1.82, 2.24) is 20.3 Å². The number of carbonyl (C=O) groups excluding carboxylic acids is 1. The van der Waals surface area contributed by atoms with Gasteiger partial charge in [-0.1, -0.05) is 29.5 Å². The summed E-state index contributed by atoms with van der Waals surface area (Å²) in [5.74, 6) is 0.297. The van der Waals surface area contributed by atoms with Gasteiger partial charge < -0.3 is 10.1 Å². The summed E-state index contributed by atoms with van der Waals surface area (Å²) in [5.41, 5.74) is 2.21. The van der Waals surface area contributed by atoms with E-state index in [1.54, 1.807) is 29.2 Å². The number of rotatable bonds is 5. The van der Waals surface area contributed by atoms with Crippen LogP contribution in [0.15, 0.2) is 54.9 Å². The molecule has 3 fully saturated rings. The Bertz CT molecular complexity index is 1240. The van der Waals surface area contributed by atoms with Crippen molar-refractivity contribution < 1.29 is 13.9 Å². The number of piperidine rings is 1. The highest BCUT2D eigenvalue weighted by atomic mass is 19.1. The molecule has 8 nitrogen and oxygen atoms in total. The second-order valence-corrected chi connectivity index (χ2v) is 8.84. The van der Waals surface area contributed by atoms with E-state index in [0.29, 0.717) is 36.2 Å². The quantitative estimate of drug-likeness (QED) is 0.650. The van der Waals surface area contributed by atoms with E-state index in [2.05, 4.69) is 21.7 Å². The average molecular weight is 444 g/mol. The van der Waals surface area contributed by atoms with Crippen molar-refractivity contribution in [2.75, 3.05) is 24.5 Å². The van der Waals surface area contributed by atoms with Crippen molar-refractivity contribution in [2.24, 2.45) is 11.8 Å². The summed E-state index contributed by atoms with van der Waals surface area (Å²) in [7, 11) is 0. The molecule has 33 heavy (non-hydrogen) atoms. The molecule has 3 heterocycles. The van der Waals surface area contributed by atoms with Gasteiger partial charge in [0.15, 0.2) is 0 Å². The molecule has 166 valence electrons. The monoisotopic (exact) mass is 444 g/mol. The van der Waals surface area contributed by atoms with Crippen LogP contribution in [0.4, 0.5) is 14.9 Å². The molecule has 4 atom stereocenters. The van der Waals surface area contributed by atoms with Gasteiger partial charge in [-0.15, -0.1) is 5.10 Å². The van der Waals surface area contributed by atoms with Gasteiger partial charge >= 0.3 is 6.09 Å². The van der Waals surface area contributed by atoms with Gasteiger partial charge in [0.1, 0.15) is 11.9 Å². The number of ether oxygens (including phenoxy) is 1. The van der Waals surface area contributed by atoms with E-state index >= 15 is 4.39 Å². The van der Waals surface area contributed by atoms with Gasteiger partial charge in [0.25, 0.3) is 0 Å². The summed E-state index contributed by atoms with van der Waals surface area (Å²) in [6.45, 7) is 2.43. The van der Waals surface area contributed by atoms with Crippen molar-refractivity contribution in [3.8, 4) is 17.2 Å². The number of nitriles is 1. The van der Waals surface area contributed by atoms with Gasteiger partial charge in [-0.3, -0.25) is 4.90 Å². The summed E-state index contributed by atoms with van der Waals surface area (Å²) in [6.07, 6.45) is 2.35. The van der Waals surface area contributed by atoms with Crippen molar-refractivity contribution in [1.29, 1.82) is 5.26 Å². The molecule has 1 N–H and O–H groups in total. The largest absolute Gasteiger partial charge is 0.442 e. The molecule has 2 aliphatic heterocycles. The molecule has 1 saturated carbocycles. The average Bonchev–Trinajstić information content (AvgIpc) is 3.35. The topological polar surface area (TPSA) is 96.1 Å². The Morgan fingerprint density at radius 2 is 2.00 bits per heavy atom. The number of hydrogen-bond acceptors (Lipinski definition) is 6. The summed E-state index contributed by atoms with van der Waals surface area (Å²) in [4.78, 5) is 13.8. The zero-order chi connectivity index (χ0) is 22.6. The van der Waals surface area contributed by atoms with Gasteiger partial charge in [0, 0.05) is 36.7 Å². The first-order chi connectivity index (χ1) is 16.1. The van der Waals surface area contributed by atoms with Crippen LogP contribution in [0, 0.1) is 29.0 Å². The van der Waals surface area contributed by atoms with Crippen LogP contribution < -0.4 is 10.2 Å². The number of benzene rings is 2. The van der Waals surface area contributed by atoms with Gasteiger partial charge in [0.2, 0.25) is 0 Å². The van der Waals surface area contributed by atoms with E-state index in [1.165, 1.54) is 11.0 Å². The van der Waals surface area contributed by atoms with Gasteiger partial charge in [-0.2, -0.15) is 5.26 Å². The number of cyclic esters (lactones) is 1. The molecule has 1 aliphatic carbocycles. The molecule has 9 heteroatoms. The maximum atomic E-state index is 15.1. The van der Waals surface area contributed by atoms with Crippen LogP contribution in [-0.2, 0) is 16.7 Å². The third-order valence-corrected chi connectivity index (χ3v) is 7.13. The lowest BCUT2D eigenvalue weighted by atomic mass is 9.90. The standard InChI is InChI=1S/C24H21FN6O2/c25-22-9-17(31-13-18(33-23(31)32)12-30-8-7-28-29-30)5-6-19(22)15-1-3-16(4-2-15)24(14-26)20-10-27-11-21(20)24/h1-9,18,20-21,27H,10-13H2/t18-,20-,21+,24+/m0/s1. The predicted molar refractivity (Wildman–Crippen MR) is 117 cm³/mol. The summed E-state index contributed by atoms with van der Waals surface area (Å²) < 4.78 is 22.0. The lowest BCUT2D eigenvalue weighted by Gasteiger charge is -2.16. The predicted octanol–water partition coefficient (Wildman–Crippen LogP) is 2.72. The lowest BCUT2D eigenvalue weighted by molar-refractivity contribution is 0.129. The molecule has 6 rings (SSSR count). The van der Waals surface area contributed by atoms with E-state index < -0.39 is 17.3 Å². The zero-order valence-electron chi connectivity index (χ0n) is 17.7. The maximum absolute atomic E-state index is 15.1. The van der Waals surface area contributed by atoms with Crippen LogP contribution in [0.1, 0.15) is 5.56 Å². The first-order valence-electron chi connectivity index (χ1n) is 10.9. The number of halogens is 1. The first kappa shape index (κ1) is 19.9. The molecule has 2 saturated heterocycles. The lowest BCUT2D eigenvalue weighted by Crippen LogP contribution is -2.26. The zero-order valence-corrected chi connectivity index (χ0v) is 17.7. The van der Waals surface area contributed by atoms with Crippen LogP contribution in [0.25, 0.3) is 11.1 Å². The maximum Gasteiger partial charge on any atom is 0.414 e. The molecule has 1 aromatic heterocycles. The van der Waals surface area contributed by atoms with Crippen LogP contribution in [-0.4, -0.2) is 46.8 Å². The fraction of sp³-hybridized carbons (Fsp3) is 0.333. The van der Waals surface area contributed by atoms with Crippen molar-refractivity contribution in [3.05, 3.63) is 66.2 Å². The molecule has 0 unspecified atom stereocenters. The molecule has 0 spiro atoms. The van der Waals surface area contributed by atoms with E-state index in [0.717, 1.165) is 24.2 Å². The SMILES string of the molecule is N#C[C@]1(c2ccc(-c3ccc(N4C[C@H](Cn5ccnn5)OC4=O)cc3F)cc2)[C@@H]2CNC[C@@H]21. The molecule has 3 aliphatic rings. The minimum absolute atomic E-state index is 0.305. The second-order valence-electron chi connectivity index (χ2n) is 8.84. The fourth-order valence-corrected chi connectivity index (χ4v) is 5.40. The second kappa shape index (κ2) is 7.39. The normalized spacial score (nSPS) is 27.8. The molecular formula is C24H21FN6O2. The minimum Gasteiger partial charge on any atom is -0.442 e. The number of anilines is 1. The molecular weight excluding hydrogens is 423 g/mol. The number of hydrogen-bond donors (Lipinski definition) is 1. The molecule has 0 radical (unpaired) electrons. The molecule has 3 aromatic rings. The Morgan fingerprint density at radius 1 is 1.21 bits per heavy atom. The Kier molecular flexibility index (Phi) is 4.45. The van der Waals surface area contributed by atoms with Crippen LogP contribution in [0.5, 0.6) is 0 Å². The molecule has 1 amide bonds. The first-order valence-corrected chi connectivity index (χ1v) is 10.9. The Hall–Kier alpha value is -3.77. The highest BCUT2D eigenvalue weighted by molar-refractivity contribution is 5.90.